The van der Waals surface area contributed by atoms with Gasteiger partial charge in [-0.15, -0.1) is 0 Å². The van der Waals surface area contributed by atoms with Crippen molar-refractivity contribution in [3.63, 3.8) is 0 Å². The molecule has 0 spiro atoms. The maximum Gasteiger partial charge on any atom is 0.227 e. The summed E-state index contributed by atoms with van der Waals surface area (Å²) in [4.78, 5) is 16.5. The summed E-state index contributed by atoms with van der Waals surface area (Å²) in [7, 11) is 2.05. The predicted octanol–water partition coefficient (Wildman–Crippen LogP) is 3.88. The van der Waals surface area contributed by atoms with Gasteiger partial charge in [-0.1, -0.05) is 48.5 Å². The maximum atomic E-state index is 4.86. The molecule has 0 atom stereocenters. The van der Waals surface area contributed by atoms with Gasteiger partial charge >= 0.3 is 0 Å². The molecule has 0 saturated carbocycles. The van der Waals surface area contributed by atoms with Gasteiger partial charge in [-0.2, -0.15) is 4.98 Å². The van der Waals surface area contributed by atoms with Gasteiger partial charge in [0.1, 0.15) is 5.82 Å². The molecule has 0 unspecified atom stereocenters. The Bertz CT molecular complexity index is 889. The number of hydrogen-bond donors (Lipinski definition) is 0. The first-order valence-electron chi connectivity index (χ1n) is 9.85. The van der Waals surface area contributed by atoms with E-state index in [-0.39, 0.29) is 0 Å². The van der Waals surface area contributed by atoms with Gasteiger partial charge in [-0.25, -0.2) is 4.98 Å². The summed E-state index contributed by atoms with van der Waals surface area (Å²) in [6, 6.07) is 23.0. The van der Waals surface area contributed by atoms with Gasteiger partial charge in [0.05, 0.1) is 0 Å². The van der Waals surface area contributed by atoms with Crippen molar-refractivity contribution in [2.75, 3.05) is 43.0 Å². The second kappa shape index (κ2) is 8.40. The lowest BCUT2D eigenvalue weighted by Gasteiger charge is -2.35. The van der Waals surface area contributed by atoms with Gasteiger partial charge in [0, 0.05) is 57.2 Å². The number of rotatable bonds is 5. The molecule has 1 aliphatic rings. The predicted molar refractivity (Wildman–Crippen MR) is 115 cm³/mol. The minimum absolute atomic E-state index is 0.831. The van der Waals surface area contributed by atoms with Crippen molar-refractivity contribution < 1.29 is 0 Å². The van der Waals surface area contributed by atoms with Crippen molar-refractivity contribution in [2.45, 2.75) is 13.5 Å². The lowest BCUT2D eigenvalue weighted by molar-refractivity contribution is 0.248. The van der Waals surface area contributed by atoms with Gasteiger partial charge in [-0.05, 0) is 24.6 Å². The van der Waals surface area contributed by atoms with Crippen LogP contribution >= 0.6 is 0 Å². The summed E-state index contributed by atoms with van der Waals surface area (Å²) in [6.07, 6.45) is 0. The Morgan fingerprint density at radius 3 is 2.18 bits per heavy atom. The van der Waals surface area contributed by atoms with Crippen LogP contribution in [-0.4, -0.2) is 48.1 Å². The monoisotopic (exact) mass is 373 g/mol. The average Bonchev–Trinajstić information content (AvgIpc) is 2.75. The topological polar surface area (TPSA) is 35.5 Å². The third-order valence-electron chi connectivity index (χ3n) is 5.22. The molecule has 0 N–H and O–H groups in total. The zero-order valence-corrected chi connectivity index (χ0v) is 16.6. The lowest BCUT2D eigenvalue weighted by Crippen LogP contribution is -2.46. The van der Waals surface area contributed by atoms with E-state index in [0.29, 0.717) is 0 Å². The van der Waals surface area contributed by atoms with Crippen LogP contribution in [0.4, 0.5) is 17.5 Å². The summed E-state index contributed by atoms with van der Waals surface area (Å²) >= 11 is 0. The summed E-state index contributed by atoms with van der Waals surface area (Å²) < 4.78 is 0. The molecule has 144 valence electrons. The molecule has 3 aromatic rings. The largest absolute Gasteiger partial charge is 0.338 e. The van der Waals surface area contributed by atoms with E-state index < -0.39 is 0 Å². The van der Waals surface area contributed by atoms with E-state index >= 15 is 0 Å². The number of piperazine rings is 1. The normalized spacial score (nSPS) is 14.9. The van der Waals surface area contributed by atoms with Gasteiger partial charge < -0.3 is 9.80 Å². The number of benzene rings is 2. The standard InChI is InChI=1S/C23H27N5/c1-19-17-22(26(2)21-11-7-4-8-12-21)25-23(24-19)28-15-13-27(14-16-28)18-20-9-5-3-6-10-20/h3-12,17H,13-16,18H2,1-2H3. The van der Waals surface area contributed by atoms with Crippen molar-refractivity contribution in [1.29, 1.82) is 0 Å². The zero-order chi connectivity index (χ0) is 19.3. The summed E-state index contributed by atoms with van der Waals surface area (Å²) in [5.41, 5.74) is 3.49. The molecule has 1 saturated heterocycles. The number of para-hydroxylation sites is 1. The fourth-order valence-electron chi connectivity index (χ4n) is 3.58. The number of nitrogens with zero attached hydrogens (tertiary/aromatic N) is 5. The van der Waals surface area contributed by atoms with Gasteiger partial charge in [0.15, 0.2) is 0 Å². The average molecular weight is 374 g/mol. The quantitative estimate of drug-likeness (QED) is 0.678. The summed E-state index contributed by atoms with van der Waals surface area (Å²) in [5.74, 6) is 1.76. The number of aryl methyl sites for hydroxylation is 1. The molecule has 1 aromatic heterocycles. The second-order valence-electron chi connectivity index (χ2n) is 7.31. The highest BCUT2D eigenvalue weighted by atomic mass is 15.3. The molecule has 5 heteroatoms. The second-order valence-corrected chi connectivity index (χ2v) is 7.31. The molecule has 0 aliphatic carbocycles. The maximum absolute atomic E-state index is 4.86. The van der Waals surface area contributed by atoms with E-state index in [9.17, 15) is 0 Å². The van der Waals surface area contributed by atoms with Gasteiger partial charge in [0.2, 0.25) is 5.95 Å². The Balaban J connectivity index is 1.44. The van der Waals surface area contributed by atoms with Crippen LogP contribution in [0.3, 0.4) is 0 Å². The highest BCUT2D eigenvalue weighted by Crippen LogP contribution is 2.24. The highest BCUT2D eigenvalue weighted by molar-refractivity contribution is 5.60. The molecule has 1 aliphatic heterocycles. The molecule has 28 heavy (non-hydrogen) atoms. The van der Waals surface area contributed by atoms with Crippen LogP contribution < -0.4 is 9.80 Å². The first-order valence-corrected chi connectivity index (χ1v) is 9.85. The minimum Gasteiger partial charge on any atom is -0.338 e. The van der Waals surface area contributed by atoms with Crippen LogP contribution in [0.2, 0.25) is 0 Å². The van der Waals surface area contributed by atoms with Crippen LogP contribution in [0.5, 0.6) is 0 Å². The van der Waals surface area contributed by atoms with Gasteiger partial charge in [0.25, 0.3) is 0 Å². The first kappa shape index (κ1) is 18.4. The number of anilines is 3. The fraction of sp³-hybridized carbons (Fsp3) is 0.304. The molecule has 0 bridgehead atoms. The van der Waals surface area contributed by atoms with Crippen LogP contribution in [0.1, 0.15) is 11.3 Å². The molecule has 2 heterocycles. The Kier molecular flexibility index (Phi) is 5.53. The fourth-order valence-corrected chi connectivity index (χ4v) is 3.58. The summed E-state index contributed by atoms with van der Waals surface area (Å²) in [5, 5.41) is 0. The van der Waals surface area contributed by atoms with Crippen LogP contribution in [0.15, 0.2) is 66.7 Å². The van der Waals surface area contributed by atoms with Crippen molar-refractivity contribution in [2.24, 2.45) is 0 Å². The van der Waals surface area contributed by atoms with Gasteiger partial charge in [-0.3, -0.25) is 4.90 Å². The van der Waals surface area contributed by atoms with E-state index in [1.807, 2.05) is 31.2 Å². The molecule has 0 amide bonds. The molecule has 2 aromatic carbocycles. The SMILES string of the molecule is Cc1cc(N(C)c2ccccc2)nc(N2CCN(Cc3ccccc3)CC2)n1. The van der Waals surface area contributed by atoms with Crippen molar-refractivity contribution in [3.8, 4) is 0 Å². The third kappa shape index (κ3) is 4.31. The van der Waals surface area contributed by atoms with E-state index in [2.05, 4.69) is 64.2 Å². The zero-order valence-electron chi connectivity index (χ0n) is 16.6. The Hall–Kier alpha value is -2.92. The van der Waals surface area contributed by atoms with E-state index in [1.165, 1.54) is 5.56 Å². The Morgan fingerprint density at radius 2 is 1.50 bits per heavy atom. The molecule has 1 fully saturated rings. The van der Waals surface area contributed by atoms with E-state index in [4.69, 9.17) is 9.97 Å². The molecule has 0 radical (unpaired) electrons. The molecule has 5 nitrogen and oxygen atoms in total. The van der Waals surface area contributed by atoms with E-state index in [1.54, 1.807) is 0 Å². The smallest absolute Gasteiger partial charge is 0.227 e. The Morgan fingerprint density at radius 1 is 0.857 bits per heavy atom. The molecular formula is C23H27N5. The first-order chi connectivity index (χ1) is 13.7. The van der Waals surface area contributed by atoms with Crippen molar-refractivity contribution in [1.82, 2.24) is 14.9 Å². The van der Waals surface area contributed by atoms with E-state index in [0.717, 1.165) is 55.9 Å². The number of aromatic nitrogens is 2. The summed E-state index contributed by atoms with van der Waals surface area (Å²) in [6.45, 7) is 6.99. The molecular weight excluding hydrogens is 346 g/mol. The van der Waals surface area contributed by atoms with Crippen LogP contribution in [0, 0.1) is 6.92 Å². The Labute approximate surface area is 167 Å². The van der Waals surface area contributed by atoms with Crippen LogP contribution in [-0.2, 0) is 6.54 Å². The van der Waals surface area contributed by atoms with Crippen molar-refractivity contribution >= 4 is 17.5 Å². The highest BCUT2D eigenvalue weighted by Gasteiger charge is 2.20. The lowest BCUT2D eigenvalue weighted by atomic mass is 10.2. The number of hydrogen-bond acceptors (Lipinski definition) is 5. The third-order valence-corrected chi connectivity index (χ3v) is 5.22. The minimum atomic E-state index is 0.831. The van der Waals surface area contributed by atoms with Crippen molar-refractivity contribution in [3.05, 3.63) is 78.0 Å². The van der Waals surface area contributed by atoms with Crippen LogP contribution in [0.25, 0.3) is 0 Å². The molecule has 4 rings (SSSR count).